The molecule has 2 aromatic carbocycles. The molecular weight excluding hydrogens is 416 g/mol. The molecule has 162 valence electrons. The summed E-state index contributed by atoms with van der Waals surface area (Å²) in [6, 6.07) is 6.14. The minimum atomic E-state index is -0.727. The van der Waals surface area contributed by atoms with E-state index in [9.17, 15) is 14.0 Å². The molecule has 0 heterocycles. The molecular formula is C21H24ClF2N3O3. The Morgan fingerprint density at radius 3 is 2.63 bits per heavy atom. The van der Waals surface area contributed by atoms with E-state index in [0.29, 0.717) is 24.9 Å². The molecule has 9 heteroatoms. The molecule has 2 aromatic rings. The van der Waals surface area contributed by atoms with E-state index in [-0.39, 0.29) is 34.2 Å². The minimum absolute atomic E-state index is 0.0348. The fourth-order valence-electron chi connectivity index (χ4n) is 2.96. The molecule has 0 radical (unpaired) electrons. The van der Waals surface area contributed by atoms with Gasteiger partial charge >= 0.3 is 0 Å². The Hall–Kier alpha value is -2.71. The Labute approximate surface area is 178 Å². The van der Waals surface area contributed by atoms with Crippen LogP contribution < -0.4 is 20.7 Å². The third kappa shape index (κ3) is 5.67. The molecule has 2 amide bonds. The quantitative estimate of drug-likeness (QED) is 0.490. The number of ether oxygens (including phenoxy) is 1. The van der Waals surface area contributed by atoms with Gasteiger partial charge in [-0.25, -0.2) is 8.78 Å². The van der Waals surface area contributed by atoms with E-state index in [2.05, 4.69) is 16.0 Å². The smallest absolute Gasteiger partial charge is 0.254 e. The molecule has 0 fully saturated rings. The minimum Gasteiger partial charge on any atom is -0.453 e. The molecule has 0 aliphatic heterocycles. The predicted octanol–water partition coefficient (Wildman–Crippen LogP) is 3.95. The van der Waals surface area contributed by atoms with Crippen LogP contribution in [-0.4, -0.2) is 32.0 Å². The van der Waals surface area contributed by atoms with Crippen molar-refractivity contribution in [3.8, 4) is 11.5 Å². The molecule has 0 aliphatic carbocycles. The van der Waals surface area contributed by atoms with Gasteiger partial charge in [0, 0.05) is 31.2 Å². The summed E-state index contributed by atoms with van der Waals surface area (Å²) < 4.78 is 34.8. The fourth-order valence-corrected chi connectivity index (χ4v) is 3.14. The number of carbonyl (C=O) groups is 2. The molecule has 0 spiro atoms. The summed E-state index contributed by atoms with van der Waals surface area (Å²) in [6.07, 6.45) is 1.17. The van der Waals surface area contributed by atoms with Crippen molar-refractivity contribution in [3.05, 3.63) is 58.1 Å². The number of hydrogen-bond acceptors (Lipinski definition) is 4. The first kappa shape index (κ1) is 23.6. The summed E-state index contributed by atoms with van der Waals surface area (Å²) in [5.74, 6) is -2.18. The predicted molar refractivity (Wildman–Crippen MR) is 111 cm³/mol. The van der Waals surface area contributed by atoms with Gasteiger partial charge in [0.15, 0.2) is 11.6 Å². The molecule has 0 saturated carbocycles. The highest BCUT2D eigenvalue weighted by Gasteiger charge is 2.22. The maximum Gasteiger partial charge on any atom is 0.254 e. The van der Waals surface area contributed by atoms with Crippen molar-refractivity contribution in [2.75, 3.05) is 13.6 Å². The molecule has 0 bridgehead atoms. The number of benzene rings is 2. The van der Waals surface area contributed by atoms with Crippen LogP contribution in [0.25, 0.3) is 0 Å². The number of hydrogen-bond donors (Lipinski definition) is 3. The van der Waals surface area contributed by atoms with E-state index in [1.807, 2.05) is 13.8 Å². The lowest BCUT2D eigenvalue weighted by atomic mass is 10.0. The van der Waals surface area contributed by atoms with Crippen LogP contribution in [0, 0.1) is 11.6 Å². The normalized spacial score (nSPS) is 12.7. The summed E-state index contributed by atoms with van der Waals surface area (Å²) in [5, 5.41) is 8.19. The van der Waals surface area contributed by atoms with Crippen molar-refractivity contribution in [3.63, 3.8) is 0 Å². The highest BCUT2D eigenvalue weighted by atomic mass is 35.5. The highest BCUT2D eigenvalue weighted by molar-refractivity contribution is 6.32. The third-order valence-corrected chi connectivity index (χ3v) is 4.78. The number of amides is 2. The van der Waals surface area contributed by atoms with Crippen molar-refractivity contribution in [2.24, 2.45) is 0 Å². The monoisotopic (exact) mass is 439 g/mol. The Morgan fingerprint density at radius 2 is 2.00 bits per heavy atom. The summed E-state index contributed by atoms with van der Waals surface area (Å²) in [5.41, 5.74) is 0.107. The third-order valence-electron chi connectivity index (χ3n) is 4.49. The molecule has 2 atom stereocenters. The number of nitrogens with one attached hydrogen (secondary N) is 3. The van der Waals surface area contributed by atoms with Crippen LogP contribution >= 0.6 is 11.6 Å². The average molecular weight is 440 g/mol. The van der Waals surface area contributed by atoms with Crippen molar-refractivity contribution in [1.29, 1.82) is 0 Å². The Balaban J connectivity index is 2.34. The van der Waals surface area contributed by atoms with E-state index >= 15 is 4.39 Å². The Morgan fingerprint density at radius 1 is 1.27 bits per heavy atom. The van der Waals surface area contributed by atoms with Gasteiger partial charge in [0.1, 0.15) is 11.6 Å². The SMILES string of the molecule is CC[C@@H](N[C@H](C)CNC=O)c1ccc(Cl)c(Oc2ccc(F)c(C(=O)NC)c2)c1F. The van der Waals surface area contributed by atoms with E-state index in [1.54, 1.807) is 6.07 Å². The van der Waals surface area contributed by atoms with Crippen molar-refractivity contribution in [2.45, 2.75) is 32.4 Å². The lowest BCUT2D eigenvalue weighted by Gasteiger charge is -2.24. The topological polar surface area (TPSA) is 79.5 Å². The number of rotatable bonds is 10. The highest BCUT2D eigenvalue weighted by Crippen LogP contribution is 2.37. The van der Waals surface area contributed by atoms with Gasteiger partial charge < -0.3 is 20.7 Å². The van der Waals surface area contributed by atoms with E-state index in [4.69, 9.17) is 16.3 Å². The van der Waals surface area contributed by atoms with Crippen LogP contribution in [0.1, 0.15) is 42.2 Å². The van der Waals surface area contributed by atoms with Crippen LogP contribution in [-0.2, 0) is 4.79 Å². The van der Waals surface area contributed by atoms with E-state index < -0.39 is 17.5 Å². The van der Waals surface area contributed by atoms with Gasteiger partial charge in [-0.2, -0.15) is 0 Å². The van der Waals surface area contributed by atoms with Gasteiger partial charge in [-0.1, -0.05) is 24.6 Å². The molecule has 6 nitrogen and oxygen atoms in total. The molecule has 2 rings (SSSR count). The molecule has 0 unspecified atom stereocenters. The maximum atomic E-state index is 15.3. The zero-order valence-electron chi connectivity index (χ0n) is 16.9. The van der Waals surface area contributed by atoms with Gasteiger partial charge in [0.05, 0.1) is 10.6 Å². The average Bonchev–Trinajstić information content (AvgIpc) is 2.74. The molecule has 3 N–H and O–H groups in total. The van der Waals surface area contributed by atoms with Crippen LogP contribution in [0.2, 0.25) is 5.02 Å². The first-order valence-corrected chi connectivity index (χ1v) is 9.80. The van der Waals surface area contributed by atoms with Gasteiger partial charge in [-0.15, -0.1) is 0 Å². The fraction of sp³-hybridized carbons (Fsp3) is 0.333. The lowest BCUT2D eigenvalue weighted by Crippen LogP contribution is -2.38. The van der Waals surface area contributed by atoms with Crippen LogP contribution in [0.5, 0.6) is 11.5 Å². The van der Waals surface area contributed by atoms with Crippen molar-refractivity contribution >= 4 is 23.9 Å². The maximum absolute atomic E-state index is 15.3. The molecule has 0 saturated heterocycles. The van der Waals surface area contributed by atoms with E-state index in [0.717, 1.165) is 6.07 Å². The van der Waals surface area contributed by atoms with Gasteiger partial charge in [0.2, 0.25) is 6.41 Å². The van der Waals surface area contributed by atoms with Crippen LogP contribution in [0.15, 0.2) is 30.3 Å². The zero-order valence-corrected chi connectivity index (χ0v) is 17.6. The van der Waals surface area contributed by atoms with Gasteiger partial charge in [0.25, 0.3) is 5.91 Å². The summed E-state index contributed by atoms with van der Waals surface area (Å²) in [7, 11) is 1.37. The molecule has 0 aromatic heterocycles. The molecule has 0 aliphatic rings. The van der Waals surface area contributed by atoms with Crippen molar-refractivity contribution in [1.82, 2.24) is 16.0 Å². The first-order valence-electron chi connectivity index (χ1n) is 9.42. The van der Waals surface area contributed by atoms with Crippen LogP contribution in [0.3, 0.4) is 0 Å². The number of halogens is 3. The second kappa shape index (κ2) is 10.9. The number of carbonyl (C=O) groups excluding carboxylic acids is 2. The zero-order chi connectivity index (χ0) is 22.3. The summed E-state index contributed by atoms with van der Waals surface area (Å²) in [6.45, 7) is 4.14. The second-order valence-corrected chi connectivity index (χ2v) is 7.06. The van der Waals surface area contributed by atoms with Gasteiger partial charge in [-0.05, 0) is 37.6 Å². The first-order chi connectivity index (χ1) is 14.3. The molecule has 30 heavy (non-hydrogen) atoms. The van der Waals surface area contributed by atoms with Crippen molar-refractivity contribution < 1.29 is 23.1 Å². The Bertz CT molecular complexity index is 911. The standard InChI is InChI=1S/C21H24ClF2N3O3/c1-4-18(27-12(2)10-26-11-28)14-6-7-16(22)20(19(14)24)30-13-5-8-17(23)15(9-13)21(29)25-3/h5-9,11-12,18,27H,4,10H2,1-3H3,(H,25,29)(H,26,28)/t12-,18-/m1/s1. The van der Waals surface area contributed by atoms with Crippen LogP contribution in [0.4, 0.5) is 8.78 Å². The van der Waals surface area contributed by atoms with Gasteiger partial charge in [-0.3, -0.25) is 9.59 Å². The second-order valence-electron chi connectivity index (χ2n) is 6.66. The van der Waals surface area contributed by atoms with E-state index in [1.165, 1.54) is 25.2 Å². The summed E-state index contributed by atoms with van der Waals surface area (Å²) in [4.78, 5) is 22.3. The largest absolute Gasteiger partial charge is 0.453 e. The Kier molecular flexibility index (Phi) is 8.56. The lowest BCUT2D eigenvalue weighted by molar-refractivity contribution is -0.109. The summed E-state index contributed by atoms with van der Waals surface area (Å²) >= 11 is 6.15.